The molecule has 2 aliphatic heterocycles. The lowest BCUT2D eigenvalue weighted by atomic mass is 9.89. The maximum atomic E-state index is 13.2. The van der Waals surface area contributed by atoms with E-state index >= 15 is 0 Å². The molecule has 11 heteroatoms. The predicted octanol–water partition coefficient (Wildman–Crippen LogP) is 5.60. The van der Waals surface area contributed by atoms with Crippen LogP contribution in [0.4, 0.5) is 10.5 Å². The minimum Gasteiger partial charge on any atom is -0.497 e. The molecule has 4 atom stereocenters. The van der Waals surface area contributed by atoms with E-state index in [9.17, 15) is 9.59 Å². The van der Waals surface area contributed by atoms with Crippen molar-refractivity contribution in [3.8, 4) is 28.4 Å². The number of nitrogens with zero attached hydrogens (tertiary/aromatic N) is 1. The van der Waals surface area contributed by atoms with E-state index in [1.54, 1.807) is 50.7 Å². The highest BCUT2D eigenvalue weighted by molar-refractivity contribution is 6.06. The molecule has 2 fully saturated rings. The van der Waals surface area contributed by atoms with Crippen LogP contribution in [-0.4, -0.2) is 68.6 Å². The van der Waals surface area contributed by atoms with E-state index in [0.29, 0.717) is 34.0 Å². The van der Waals surface area contributed by atoms with Crippen molar-refractivity contribution < 1.29 is 42.7 Å². The highest BCUT2D eigenvalue weighted by Gasteiger charge is 2.58. The summed E-state index contributed by atoms with van der Waals surface area (Å²) in [5.74, 6) is 1.50. The monoisotopic (exact) mass is 600 g/mol. The maximum Gasteiger partial charge on any atom is 0.509 e. The van der Waals surface area contributed by atoms with Crippen molar-refractivity contribution in [1.29, 1.82) is 0 Å². The minimum atomic E-state index is -0.921. The van der Waals surface area contributed by atoms with Gasteiger partial charge in [-0.15, -0.1) is 0 Å². The zero-order valence-electron chi connectivity index (χ0n) is 24.9. The lowest BCUT2D eigenvalue weighted by Gasteiger charge is -2.45. The van der Waals surface area contributed by atoms with Gasteiger partial charge in [-0.05, 0) is 67.9 Å². The van der Waals surface area contributed by atoms with Gasteiger partial charge >= 0.3 is 6.16 Å². The number of benzene rings is 3. The first-order chi connectivity index (χ1) is 21.2. The molecule has 0 radical (unpaired) electrons. The van der Waals surface area contributed by atoms with Crippen LogP contribution < -0.4 is 19.5 Å². The Kier molecular flexibility index (Phi) is 7.74. The smallest absolute Gasteiger partial charge is 0.497 e. The van der Waals surface area contributed by atoms with Crippen molar-refractivity contribution in [1.82, 2.24) is 4.98 Å². The average molecular weight is 601 g/mol. The third-order valence-corrected chi connectivity index (χ3v) is 7.72. The van der Waals surface area contributed by atoms with Gasteiger partial charge in [-0.25, -0.2) is 4.79 Å². The first-order valence-corrected chi connectivity index (χ1v) is 14.0. The highest BCUT2D eigenvalue weighted by atomic mass is 16.8. The summed E-state index contributed by atoms with van der Waals surface area (Å²) in [4.78, 5) is 29.7. The molecular formula is C33H32N2O9. The van der Waals surface area contributed by atoms with E-state index in [1.807, 2.05) is 50.2 Å². The Labute approximate surface area is 253 Å². The zero-order valence-corrected chi connectivity index (χ0v) is 24.9. The van der Waals surface area contributed by atoms with E-state index in [0.717, 1.165) is 16.5 Å². The summed E-state index contributed by atoms with van der Waals surface area (Å²) in [5.41, 5.74) is 2.42. The van der Waals surface area contributed by atoms with Gasteiger partial charge in [0.1, 0.15) is 23.4 Å². The van der Waals surface area contributed by atoms with Gasteiger partial charge in [-0.3, -0.25) is 9.78 Å². The highest BCUT2D eigenvalue weighted by Crippen LogP contribution is 2.39. The second-order valence-electron chi connectivity index (χ2n) is 11.0. The number of amides is 1. The molecule has 6 rings (SSSR count). The number of fused-ring (bicyclic) bond motifs is 2. The Morgan fingerprint density at radius 2 is 1.73 bits per heavy atom. The Morgan fingerprint density at radius 3 is 2.50 bits per heavy atom. The molecular weight excluding hydrogens is 568 g/mol. The molecule has 0 unspecified atom stereocenters. The first kappa shape index (κ1) is 29.2. The molecule has 0 aliphatic carbocycles. The van der Waals surface area contributed by atoms with E-state index in [1.165, 1.54) is 7.11 Å². The standard InChI is InChI=1S/C33H32N2O9/c1-33(2)29(40-5)27-28(43-32(37)42-27)31(44-33)41-23-11-9-19-13-21(17-34-25(19)16-23)35-30(36)20-10-12-26(39-4)24(15-20)18-7-6-8-22(14-18)38-3/h6-17,27-29,31H,1-5H3,(H,35,36)/t27-,28+,29+,31+/m0/s1. The van der Waals surface area contributed by atoms with E-state index in [4.69, 9.17) is 33.2 Å². The molecule has 1 aromatic heterocycles. The number of nitrogens with one attached hydrogen (secondary N) is 1. The van der Waals surface area contributed by atoms with Crippen LogP contribution in [0.1, 0.15) is 24.2 Å². The molecule has 2 aliphatic rings. The third-order valence-electron chi connectivity index (χ3n) is 7.72. The van der Waals surface area contributed by atoms with Gasteiger partial charge in [0.05, 0.1) is 37.2 Å². The average Bonchev–Trinajstić information content (AvgIpc) is 3.41. The molecule has 0 spiro atoms. The Morgan fingerprint density at radius 1 is 0.909 bits per heavy atom. The number of aromatic nitrogens is 1. The van der Waals surface area contributed by atoms with Gasteiger partial charge in [0.2, 0.25) is 12.4 Å². The zero-order chi connectivity index (χ0) is 31.0. The number of rotatable bonds is 8. The molecule has 2 saturated heterocycles. The van der Waals surface area contributed by atoms with Gasteiger partial charge in [0, 0.05) is 29.7 Å². The van der Waals surface area contributed by atoms with Gasteiger partial charge in [-0.1, -0.05) is 12.1 Å². The number of carbonyl (C=O) groups is 2. The van der Waals surface area contributed by atoms with Crippen LogP contribution in [0.15, 0.2) is 72.9 Å². The molecule has 11 nitrogen and oxygen atoms in total. The van der Waals surface area contributed by atoms with Gasteiger partial charge in [0.15, 0.2) is 6.10 Å². The van der Waals surface area contributed by atoms with Gasteiger partial charge < -0.3 is 38.5 Å². The first-order valence-electron chi connectivity index (χ1n) is 14.0. The largest absolute Gasteiger partial charge is 0.509 e. The third kappa shape index (κ3) is 5.59. The van der Waals surface area contributed by atoms with Gasteiger partial charge in [-0.2, -0.15) is 0 Å². The van der Waals surface area contributed by atoms with Crippen LogP contribution in [0.5, 0.6) is 17.2 Å². The molecule has 228 valence electrons. The van der Waals surface area contributed by atoms with Crippen molar-refractivity contribution in [2.45, 2.75) is 44.1 Å². The number of pyridine rings is 1. The van der Waals surface area contributed by atoms with E-state index < -0.39 is 36.4 Å². The topological polar surface area (TPSA) is 124 Å². The summed E-state index contributed by atoms with van der Waals surface area (Å²) >= 11 is 0. The van der Waals surface area contributed by atoms with E-state index in [2.05, 4.69) is 10.3 Å². The quantitative estimate of drug-likeness (QED) is 0.256. The number of hydrogen-bond acceptors (Lipinski definition) is 10. The predicted molar refractivity (Wildman–Crippen MR) is 160 cm³/mol. The van der Waals surface area contributed by atoms with Gasteiger partial charge in [0.25, 0.3) is 5.91 Å². The van der Waals surface area contributed by atoms with Crippen LogP contribution in [0.2, 0.25) is 0 Å². The molecule has 3 aromatic carbocycles. The van der Waals surface area contributed by atoms with Crippen LogP contribution in [0.25, 0.3) is 22.0 Å². The summed E-state index contributed by atoms with van der Waals surface area (Å²) in [6.45, 7) is 3.67. The molecule has 44 heavy (non-hydrogen) atoms. The molecule has 1 amide bonds. The van der Waals surface area contributed by atoms with E-state index in [-0.39, 0.29) is 5.91 Å². The van der Waals surface area contributed by atoms with Crippen LogP contribution >= 0.6 is 0 Å². The Balaban J connectivity index is 1.19. The SMILES string of the molecule is COc1cccc(-c2cc(C(=O)Nc3cnc4cc(O[C@@H]5OC(C)(C)[C@H](OC)[C@H]6OC(=O)O[C@@H]56)ccc4c3)ccc2OC)c1. The number of carbonyl (C=O) groups excluding carboxylic acids is 2. The number of ether oxygens (including phenoxy) is 7. The fraction of sp³-hybridized carbons (Fsp3) is 0.303. The fourth-order valence-corrected chi connectivity index (χ4v) is 5.61. The summed E-state index contributed by atoms with van der Waals surface area (Å²) in [7, 11) is 4.72. The molecule has 0 bridgehead atoms. The normalized spacial score (nSPS) is 22.0. The summed E-state index contributed by atoms with van der Waals surface area (Å²) in [6.07, 6.45) is -2.15. The van der Waals surface area contributed by atoms with Crippen molar-refractivity contribution >= 4 is 28.7 Å². The summed E-state index contributed by atoms with van der Waals surface area (Å²) in [5, 5.41) is 3.70. The lowest BCUT2D eigenvalue weighted by Crippen LogP contribution is -2.62. The molecule has 3 heterocycles. The second-order valence-corrected chi connectivity index (χ2v) is 11.0. The van der Waals surface area contributed by atoms with Crippen LogP contribution in [0, 0.1) is 0 Å². The Bertz CT molecular complexity index is 1720. The van der Waals surface area contributed by atoms with Crippen LogP contribution in [-0.2, 0) is 18.9 Å². The summed E-state index contributed by atoms with van der Waals surface area (Å²) < 4.78 is 39.4. The molecule has 0 saturated carbocycles. The summed E-state index contributed by atoms with van der Waals surface area (Å²) in [6, 6.07) is 19.9. The maximum absolute atomic E-state index is 13.2. The Hall–Kier alpha value is -4.87. The number of methoxy groups -OCH3 is 3. The van der Waals surface area contributed by atoms with Crippen molar-refractivity contribution in [3.63, 3.8) is 0 Å². The van der Waals surface area contributed by atoms with Crippen LogP contribution in [0.3, 0.4) is 0 Å². The number of hydrogen-bond donors (Lipinski definition) is 1. The minimum absolute atomic E-state index is 0.299. The lowest BCUT2D eigenvalue weighted by molar-refractivity contribution is -0.282. The molecule has 1 N–H and O–H groups in total. The van der Waals surface area contributed by atoms with Crippen molar-refractivity contribution in [2.24, 2.45) is 0 Å². The van der Waals surface area contributed by atoms with Crippen molar-refractivity contribution in [3.05, 3.63) is 78.5 Å². The fourth-order valence-electron chi connectivity index (χ4n) is 5.61. The second kappa shape index (κ2) is 11.7. The number of anilines is 1. The van der Waals surface area contributed by atoms with Crippen molar-refractivity contribution in [2.75, 3.05) is 26.6 Å². The molecule has 4 aromatic rings.